The second-order valence-electron chi connectivity index (χ2n) is 5.32. The van der Waals surface area contributed by atoms with Crippen molar-refractivity contribution in [3.63, 3.8) is 0 Å². The molecular weight excluding hydrogens is 321 g/mol. The van der Waals surface area contributed by atoms with Gasteiger partial charge < -0.3 is 4.52 Å². The summed E-state index contributed by atoms with van der Waals surface area (Å²) in [5.74, 6) is 0.308. The first-order valence-electron chi connectivity index (χ1n) is 7.40. The number of carbonyl (C=O) groups excluding carboxylic acids is 1. The maximum atomic E-state index is 11.7. The van der Waals surface area contributed by atoms with Gasteiger partial charge in [0, 0.05) is 30.6 Å². The van der Waals surface area contributed by atoms with Crippen LogP contribution < -0.4 is 0 Å². The molecule has 0 aliphatic heterocycles. The molecule has 0 aliphatic carbocycles. The molecule has 3 aromatic rings. The van der Waals surface area contributed by atoms with Crippen molar-refractivity contribution >= 4 is 15.4 Å². The molecule has 2 heterocycles. The number of carbonyl (C=O) groups is 1. The predicted molar refractivity (Wildman–Crippen MR) is 94.4 cm³/mol. The van der Waals surface area contributed by atoms with Crippen molar-refractivity contribution in [1.82, 2.24) is 15.0 Å². The highest BCUT2D eigenvalue weighted by Gasteiger charge is 2.10. The molecule has 0 saturated carbocycles. The standard InChI is InChI=1S/C18H16N3O2P/c1-12-4-5-13(18(22)23-24)9-15(12)10-17-20-8-6-16(21-17)14-3-2-7-19-11-14/h2-9,11H,10,24H2,1H3. The summed E-state index contributed by atoms with van der Waals surface area (Å²) in [6.45, 7) is 2.00. The van der Waals surface area contributed by atoms with Gasteiger partial charge >= 0.3 is 5.97 Å². The van der Waals surface area contributed by atoms with Crippen molar-refractivity contribution in [2.45, 2.75) is 13.3 Å². The first kappa shape index (κ1) is 16.2. The molecule has 0 saturated heterocycles. The second-order valence-corrected chi connectivity index (χ2v) is 5.56. The van der Waals surface area contributed by atoms with Crippen LogP contribution in [0.25, 0.3) is 11.3 Å². The summed E-state index contributed by atoms with van der Waals surface area (Å²) in [5.41, 5.74) is 4.34. The van der Waals surface area contributed by atoms with E-state index in [-0.39, 0.29) is 5.97 Å². The lowest BCUT2D eigenvalue weighted by Crippen LogP contribution is -2.03. The fraction of sp³-hybridized carbons (Fsp3) is 0.111. The Morgan fingerprint density at radius 2 is 2.08 bits per heavy atom. The number of rotatable bonds is 4. The van der Waals surface area contributed by atoms with E-state index >= 15 is 0 Å². The Morgan fingerprint density at radius 3 is 2.83 bits per heavy atom. The monoisotopic (exact) mass is 337 g/mol. The number of benzene rings is 1. The van der Waals surface area contributed by atoms with Crippen LogP contribution in [0.4, 0.5) is 0 Å². The molecule has 0 aliphatic rings. The predicted octanol–water partition coefficient (Wildman–Crippen LogP) is 3.38. The third-order valence-corrected chi connectivity index (χ3v) is 3.92. The van der Waals surface area contributed by atoms with Gasteiger partial charge in [0.2, 0.25) is 0 Å². The molecule has 5 nitrogen and oxygen atoms in total. The van der Waals surface area contributed by atoms with Crippen molar-refractivity contribution < 1.29 is 9.32 Å². The number of hydrogen-bond donors (Lipinski definition) is 0. The van der Waals surface area contributed by atoms with Crippen molar-refractivity contribution in [2.75, 3.05) is 0 Å². The fourth-order valence-corrected chi connectivity index (χ4v) is 2.52. The Bertz CT molecular complexity index is 869. The first-order valence-corrected chi connectivity index (χ1v) is 7.87. The zero-order chi connectivity index (χ0) is 16.9. The summed E-state index contributed by atoms with van der Waals surface area (Å²) < 4.78 is 4.70. The van der Waals surface area contributed by atoms with Crippen LogP contribution in [0.5, 0.6) is 0 Å². The lowest BCUT2D eigenvalue weighted by atomic mass is 10.0. The van der Waals surface area contributed by atoms with Crippen molar-refractivity contribution in [3.05, 3.63) is 77.5 Å². The minimum Gasteiger partial charge on any atom is -0.448 e. The summed E-state index contributed by atoms with van der Waals surface area (Å²) in [4.78, 5) is 24.7. The van der Waals surface area contributed by atoms with Crippen LogP contribution >= 0.6 is 9.47 Å². The number of nitrogens with zero attached hydrogens (tertiary/aromatic N) is 3. The molecule has 1 aromatic carbocycles. The van der Waals surface area contributed by atoms with E-state index in [4.69, 9.17) is 4.52 Å². The fourth-order valence-electron chi connectivity index (χ4n) is 2.39. The van der Waals surface area contributed by atoms with E-state index in [1.807, 2.05) is 46.7 Å². The Balaban J connectivity index is 1.90. The topological polar surface area (TPSA) is 65.0 Å². The minimum absolute atomic E-state index is 0.383. The van der Waals surface area contributed by atoms with E-state index in [0.29, 0.717) is 17.8 Å². The van der Waals surface area contributed by atoms with E-state index in [9.17, 15) is 4.79 Å². The van der Waals surface area contributed by atoms with Crippen molar-refractivity contribution in [1.29, 1.82) is 0 Å². The van der Waals surface area contributed by atoms with E-state index in [1.54, 1.807) is 24.7 Å². The second kappa shape index (κ2) is 7.28. The lowest BCUT2D eigenvalue weighted by molar-refractivity contribution is 0.0765. The summed E-state index contributed by atoms with van der Waals surface area (Å²) in [7, 11) is 1.97. The highest BCUT2D eigenvalue weighted by molar-refractivity contribution is 7.10. The Hall–Kier alpha value is -2.65. The highest BCUT2D eigenvalue weighted by atomic mass is 31.0. The van der Waals surface area contributed by atoms with Gasteiger partial charge in [-0.15, -0.1) is 0 Å². The molecule has 1 unspecified atom stereocenters. The lowest BCUT2D eigenvalue weighted by Gasteiger charge is -2.08. The van der Waals surface area contributed by atoms with E-state index in [2.05, 4.69) is 15.0 Å². The Morgan fingerprint density at radius 1 is 1.21 bits per heavy atom. The summed E-state index contributed by atoms with van der Waals surface area (Å²) in [6, 6.07) is 11.2. The normalized spacial score (nSPS) is 10.4. The third kappa shape index (κ3) is 3.63. The van der Waals surface area contributed by atoms with Gasteiger partial charge in [-0.25, -0.2) is 14.8 Å². The summed E-state index contributed by atoms with van der Waals surface area (Å²) >= 11 is 0. The molecule has 6 heteroatoms. The zero-order valence-corrected chi connectivity index (χ0v) is 14.3. The zero-order valence-electron chi connectivity index (χ0n) is 13.1. The average Bonchev–Trinajstić information content (AvgIpc) is 2.64. The van der Waals surface area contributed by atoms with Gasteiger partial charge in [-0.05, 0) is 48.4 Å². The summed E-state index contributed by atoms with van der Waals surface area (Å²) in [6.07, 6.45) is 5.77. The smallest absolute Gasteiger partial charge is 0.340 e. The van der Waals surface area contributed by atoms with E-state index < -0.39 is 0 Å². The SMILES string of the molecule is Cc1ccc(C(=O)OP)cc1Cc1nccc(-c2cccnc2)n1. The van der Waals surface area contributed by atoms with Crippen LogP contribution in [-0.4, -0.2) is 20.9 Å². The number of hydrogen-bond acceptors (Lipinski definition) is 5. The molecule has 24 heavy (non-hydrogen) atoms. The molecule has 0 N–H and O–H groups in total. The van der Waals surface area contributed by atoms with Gasteiger partial charge in [0.15, 0.2) is 0 Å². The van der Waals surface area contributed by atoms with Crippen LogP contribution in [0.15, 0.2) is 55.0 Å². The molecule has 120 valence electrons. The van der Waals surface area contributed by atoms with Crippen molar-refractivity contribution in [3.8, 4) is 11.3 Å². The Kier molecular flexibility index (Phi) is 4.92. The molecule has 3 rings (SSSR count). The van der Waals surface area contributed by atoms with Crippen LogP contribution in [0, 0.1) is 6.92 Å². The molecular formula is C18H16N3O2P. The van der Waals surface area contributed by atoms with Gasteiger partial charge in [0.05, 0.1) is 20.7 Å². The largest absolute Gasteiger partial charge is 0.448 e. The van der Waals surface area contributed by atoms with Crippen molar-refractivity contribution in [2.24, 2.45) is 0 Å². The van der Waals surface area contributed by atoms with E-state index in [1.165, 1.54) is 0 Å². The average molecular weight is 337 g/mol. The van der Waals surface area contributed by atoms with Gasteiger partial charge in [-0.3, -0.25) is 4.98 Å². The van der Waals surface area contributed by atoms with Crippen LogP contribution in [-0.2, 0) is 10.9 Å². The van der Waals surface area contributed by atoms with Crippen LogP contribution in [0.2, 0.25) is 0 Å². The number of aryl methyl sites for hydroxylation is 1. The minimum atomic E-state index is -0.383. The molecule has 0 fully saturated rings. The summed E-state index contributed by atoms with van der Waals surface area (Å²) in [5, 5.41) is 0. The molecule has 0 spiro atoms. The molecule has 0 radical (unpaired) electrons. The van der Waals surface area contributed by atoms with Crippen LogP contribution in [0.3, 0.4) is 0 Å². The first-order chi connectivity index (χ1) is 11.7. The molecule has 2 aromatic heterocycles. The molecule has 0 bridgehead atoms. The molecule has 1 atom stereocenters. The maximum Gasteiger partial charge on any atom is 0.340 e. The highest BCUT2D eigenvalue weighted by Crippen LogP contribution is 2.18. The quantitative estimate of drug-likeness (QED) is 0.683. The molecule has 0 amide bonds. The van der Waals surface area contributed by atoms with Gasteiger partial charge in [-0.1, -0.05) is 6.07 Å². The van der Waals surface area contributed by atoms with Crippen LogP contribution in [0.1, 0.15) is 27.3 Å². The maximum absolute atomic E-state index is 11.7. The Labute approximate surface area is 142 Å². The van der Waals surface area contributed by atoms with Gasteiger partial charge in [-0.2, -0.15) is 0 Å². The number of aromatic nitrogens is 3. The van der Waals surface area contributed by atoms with Gasteiger partial charge in [0.25, 0.3) is 0 Å². The van der Waals surface area contributed by atoms with Gasteiger partial charge in [0.1, 0.15) is 5.82 Å². The third-order valence-electron chi connectivity index (χ3n) is 3.70. The van der Waals surface area contributed by atoms with E-state index in [0.717, 1.165) is 22.4 Å². The number of pyridine rings is 1.